The number of sulfonamides is 1. The molecule has 57 heavy (non-hydrogen) atoms. The maximum Gasteiger partial charge on any atom is 0.475 e. The number of benzene rings is 3. The van der Waals surface area contributed by atoms with Crippen molar-refractivity contribution in [3.63, 3.8) is 0 Å². The SMILES string of the molecule is COC1(Cc2ccccc2Br)CCC(N2CCc3c(ncnc3NS(=O)(=O)c3ccc(N[C@H](CCN(C)C)CSc4ccccc4)c(S(=O)C(F)(F)F)c3)C2)CC1. The Morgan fingerprint density at radius 2 is 1.79 bits per heavy atom. The summed E-state index contributed by atoms with van der Waals surface area (Å²) in [5, 5.41) is 3.16. The molecule has 4 aromatic rings. The molecule has 1 aliphatic heterocycles. The largest absolute Gasteiger partial charge is 0.475 e. The molecule has 1 saturated carbocycles. The predicted molar refractivity (Wildman–Crippen MR) is 223 cm³/mol. The van der Waals surface area contributed by atoms with E-state index in [1.807, 2.05) is 67.5 Å². The predicted octanol–water partition coefficient (Wildman–Crippen LogP) is 8.12. The van der Waals surface area contributed by atoms with Gasteiger partial charge in [-0.25, -0.2) is 22.6 Å². The number of anilines is 2. The Hall–Kier alpha value is -3.06. The highest BCUT2D eigenvalue weighted by atomic mass is 79.9. The number of aromatic nitrogens is 2. The van der Waals surface area contributed by atoms with Gasteiger partial charge >= 0.3 is 5.51 Å². The molecule has 1 aromatic heterocycles. The standard InChI is InChI=1S/C40H48BrF3N6O4S3/c1-49(2)21-17-29(26-55-31-10-5-4-6-11-31)47-35-14-13-32(23-37(35)56(51)40(42,43)44)57(52,53)48-38-33-18-22-50(25-36(33)45-27-46-38)30-15-19-39(54-3,20-16-30)24-28-9-7-8-12-34(28)41/h4-14,23,27,29-30,47H,15-22,24-26H2,1-3H3,(H,45,46,48)/t29-,30?,39?,56?/m1/s1. The number of hydrogen-bond donors (Lipinski definition) is 2. The van der Waals surface area contributed by atoms with Crippen LogP contribution in [0.3, 0.4) is 0 Å². The maximum absolute atomic E-state index is 14.0. The van der Waals surface area contributed by atoms with Crippen LogP contribution in [0.4, 0.5) is 24.7 Å². The van der Waals surface area contributed by atoms with E-state index in [1.165, 1.54) is 24.0 Å². The number of thioether (sulfide) groups is 1. The molecule has 0 spiro atoms. The summed E-state index contributed by atoms with van der Waals surface area (Å²) < 4.78 is 92.4. The number of nitrogens with one attached hydrogen (secondary N) is 2. The Kier molecular flexibility index (Phi) is 14.4. The van der Waals surface area contributed by atoms with Crippen LogP contribution in [0.1, 0.15) is 48.9 Å². The van der Waals surface area contributed by atoms with Crippen molar-refractivity contribution >= 4 is 60.0 Å². The number of ether oxygens (including phenoxy) is 1. The zero-order valence-corrected chi connectivity index (χ0v) is 36.1. The van der Waals surface area contributed by atoms with E-state index in [4.69, 9.17) is 4.74 Å². The number of fused-ring (bicyclic) bond motifs is 1. The topological polar surface area (TPSA) is 117 Å². The fourth-order valence-corrected chi connectivity index (χ4v) is 10.9. The second-order valence-corrected chi connectivity index (χ2v) is 19.9. The molecule has 2 N–H and O–H groups in total. The molecule has 0 saturated heterocycles. The molecule has 3 aromatic carbocycles. The molecule has 2 heterocycles. The summed E-state index contributed by atoms with van der Waals surface area (Å²) in [6.45, 7) is 1.81. The molecule has 0 bridgehead atoms. The van der Waals surface area contributed by atoms with E-state index >= 15 is 0 Å². The van der Waals surface area contributed by atoms with Gasteiger partial charge in [-0.15, -0.1) is 11.8 Å². The summed E-state index contributed by atoms with van der Waals surface area (Å²) in [6, 6.07) is 21.1. The van der Waals surface area contributed by atoms with Gasteiger partial charge in [0.1, 0.15) is 12.1 Å². The van der Waals surface area contributed by atoms with Crippen LogP contribution in [0, 0.1) is 0 Å². The van der Waals surface area contributed by atoms with E-state index in [0.29, 0.717) is 55.5 Å². The van der Waals surface area contributed by atoms with Crippen LogP contribution in [0.5, 0.6) is 0 Å². The number of methoxy groups -OCH3 is 1. The quantitative estimate of drug-likeness (QED) is 0.107. The van der Waals surface area contributed by atoms with E-state index in [-0.39, 0.29) is 23.1 Å². The molecule has 10 nitrogen and oxygen atoms in total. The second kappa shape index (κ2) is 18.9. The van der Waals surface area contributed by atoms with Gasteiger partial charge in [-0.1, -0.05) is 52.3 Å². The van der Waals surface area contributed by atoms with Crippen LogP contribution in [0.2, 0.25) is 0 Å². The van der Waals surface area contributed by atoms with Gasteiger partial charge in [0.05, 0.1) is 26.8 Å². The van der Waals surface area contributed by atoms with Crippen molar-refractivity contribution in [2.24, 2.45) is 0 Å². The highest BCUT2D eigenvalue weighted by Gasteiger charge is 2.41. The lowest BCUT2D eigenvalue weighted by molar-refractivity contribution is -0.0567. The average Bonchev–Trinajstić information content (AvgIpc) is 3.19. The molecule has 17 heteroatoms. The first kappa shape index (κ1) is 43.5. The van der Waals surface area contributed by atoms with Crippen molar-refractivity contribution < 1.29 is 30.5 Å². The van der Waals surface area contributed by atoms with E-state index < -0.39 is 36.1 Å². The first-order chi connectivity index (χ1) is 27.2. The van der Waals surface area contributed by atoms with E-state index in [1.54, 1.807) is 18.9 Å². The summed E-state index contributed by atoms with van der Waals surface area (Å²) in [5.74, 6) is 0.590. The van der Waals surface area contributed by atoms with Crippen molar-refractivity contribution in [2.75, 3.05) is 50.1 Å². The van der Waals surface area contributed by atoms with E-state index in [2.05, 4.69) is 46.9 Å². The van der Waals surface area contributed by atoms with Gasteiger partial charge in [0.15, 0.2) is 10.8 Å². The number of alkyl halides is 3. The van der Waals surface area contributed by atoms with Crippen LogP contribution in [-0.2, 0) is 44.9 Å². The molecule has 0 radical (unpaired) electrons. The van der Waals surface area contributed by atoms with Gasteiger partial charge in [-0.05, 0) is 101 Å². The number of hydrogen-bond acceptors (Lipinski definition) is 10. The van der Waals surface area contributed by atoms with E-state index in [9.17, 15) is 25.8 Å². The summed E-state index contributed by atoms with van der Waals surface area (Å²) in [7, 11) is -2.38. The van der Waals surface area contributed by atoms with Crippen LogP contribution >= 0.6 is 27.7 Å². The van der Waals surface area contributed by atoms with Gasteiger partial charge in [-0.3, -0.25) is 9.62 Å². The molecule has 2 aliphatic rings. The molecule has 1 unspecified atom stereocenters. The smallest absolute Gasteiger partial charge is 0.380 e. The average molecular weight is 910 g/mol. The van der Waals surface area contributed by atoms with Crippen molar-refractivity contribution in [3.8, 4) is 0 Å². The Morgan fingerprint density at radius 3 is 2.47 bits per heavy atom. The minimum Gasteiger partial charge on any atom is -0.380 e. The third-order valence-electron chi connectivity index (χ3n) is 10.7. The van der Waals surface area contributed by atoms with Crippen LogP contribution < -0.4 is 10.0 Å². The Bertz CT molecular complexity index is 2120. The van der Waals surface area contributed by atoms with Gasteiger partial charge in [0.2, 0.25) is 0 Å². The molecule has 0 amide bonds. The fourth-order valence-electron chi connectivity index (χ4n) is 7.51. The van der Waals surface area contributed by atoms with Crippen molar-refractivity contribution in [1.82, 2.24) is 19.8 Å². The second-order valence-electron chi connectivity index (χ2n) is 14.8. The highest BCUT2D eigenvalue weighted by molar-refractivity contribution is 9.10. The Balaban J connectivity index is 1.17. The minimum absolute atomic E-state index is 0.0417. The third kappa shape index (κ3) is 11.2. The summed E-state index contributed by atoms with van der Waals surface area (Å²) in [6.07, 6.45) is 6.84. The molecule has 1 fully saturated rings. The third-order valence-corrected chi connectivity index (χ3v) is 15.1. The molecular formula is C40H48BrF3N6O4S3. The monoisotopic (exact) mass is 908 g/mol. The first-order valence-electron chi connectivity index (χ1n) is 18.8. The zero-order chi connectivity index (χ0) is 40.8. The van der Waals surface area contributed by atoms with Crippen molar-refractivity contribution in [3.05, 3.63) is 100 Å². The highest BCUT2D eigenvalue weighted by Crippen LogP contribution is 2.39. The van der Waals surface area contributed by atoms with Crippen molar-refractivity contribution in [2.45, 2.75) is 89.4 Å². The summed E-state index contributed by atoms with van der Waals surface area (Å²) in [5.41, 5.74) is -2.86. The first-order valence-corrected chi connectivity index (χ1v) is 23.2. The molecule has 308 valence electrons. The van der Waals surface area contributed by atoms with Gasteiger partial charge < -0.3 is 15.0 Å². The molecule has 1 aliphatic carbocycles. The number of halogens is 4. The number of rotatable bonds is 16. The zero-order valence-electron chi connectivity index (χ0n) is 32.1. The summed E-state index contributed by atoms with van der Waals surface area (Å²) >= 11 is 5.21. The van der Waals surface area contributed by atoms with E-state index in [0.717, 1.165) is 47.5 Å². The maximum atomic E-state index is 14.0. The fraction of sp³-hybridized carbons (Fsp3) is 0.450. The Labute approximate surface area is 348 Å². The lowest BCUT2D eigenvalue weighted by Crippen LogP contribution is -2.47. The van der Waals surface area contributed by atoms with Crippen LogP contribution in [0.25, 0.3) is 0 Å². The normalized spacial score (nSPS) is 20.2. The van der Waals surface area contributed by atoms with Crippen LogP contribution in [-0.4, -0.2) is 95.6 Å². The molecular weight excluding hydrogens is 862 g/mol. The Morgan fingerprint density at radius 1 is 1.07 bits per heavy atom. The summed E-state index contributed by atoms with van der Waals surface area (Å²) in [4.78, 5) is 13.0. The van der Waals surface area contributed by atoms with Crippen molar-refractivity contribution in [1.29, 1.82) is 0 Å². The molecule has 2 atom stereocenters. The lowest BCUT2D eigenvalue weighted by atomic mass is 9.77. The van der Waals surface area contributed by atoms with Crippen LogP contribution in [0.15, 0.2) is 98.3 Å². The van der Waals surface area contributed by atoms with Gasteiger partial charge in [-0.2, -0.15) is 13.2 Å². The lowest BCUT2D eigenvalue weighted by Gasteiger charge is -2.44. The minimum atomic E-state index is -5.12. The number of nitrogens with zero attached hydrogens (tertiary/aromatic N) is 4. The van der Waals surface area contributed by atoms with Gasteiger partial charge in [0, 0.05) is 59.4 Å². The van der Waals surface area contributed by atoms with Gasteiger partial charge in [0.25, 0.3) is 10.0 Å². The molecule has 6 rings (SSSR count).